The molecule has 0 atom stereocenters. The topological polar surface area (TPSA) is 76.0 Å². The van der Waals surface area contributed by atoms with Crippen molar-refractivity contribution in [3.8, 4) is 5.69 Å². The quantitative estimate of drug-likeness (QED) is 0.719. The van der Waals surface area contributed by atoms with Crippen molar-refractivity contribution in [2.24, 2.45) is 0 Å². The van der Waals surface area contributed by atoms with Crippen LogP contribution in [0.25, 0.3) is 5.69 Å². The van der Waals surface area contributed by atoms with Crippen LogP contribution in [-0.2, 0) is 0 Å². The number of nitrogens with one attached hydrogen (secondary N) is 2. The van der Waals surface area contributed by atoms with Crippen molar-refractivity contribution in [2.75, 3.05) is 0 Å². The van der Waals surface area contributed by atoms with Crippen LogP contribution in [0.5, 0.6) is 0 Å². The zero-order chi connectivity index (χ0) is 16.9. The van der Waals surface area contributed by atoms with Crippen LogP contribution in [0.3, 0.4) is 0 Å². The lowest BCUT2D eigenvalue weighted by Gasteiger charge is -2.08. The van der Waals surface area contributed by atoms with E-state index in [1.54, 1.807) is 61.2 Å². The average molecular weight is 341 g/mol. The first-order chi connectivity index (χ1) is 11.6. The molecule has 24 heavy (non-hydrogen) atoms. The molecule has 0 aliphatic carbocycles. The number of carbonyl (C=O) groups excluding carboxylic acids is 2. The van der Waals surface area contributed by atoms with Gasteiger partial charge in [0.2, 0.25) is 0 Å². The highest BCUT2D eigenvalue weighted by molar-refractivity contribution is 6.30. The van der Waals surface area contributed by atoms with Gasteiger partial charge in [-0.25, -0.2) is 4.98 Å². The molecule has 0 radical (unpaired) electrons. The molecular formula is C17H13ClN4O2. The Kier molecular flexibility index (Phi) is 4.58. The van der Waals surface area contributed by atoms with E-state index in [0.717, 1.165) is 5.69 Å². The number of benzene rings is 2. The van der Waals surface area contributed by atoms with Crippen LogP contribution >= 0.6 is 11.6 Å². The average Bonchev–Trinajstić information content (AvgIpc) is 3.14. The minimum Gasteiger partial charge on any atom is -0.306 e. The number of hydrazine groups is 1. The number of halogens is 1. The first kappa shape index (κ1) is 15.8. The van der Waals surface area contributed by atoms with E-state index in [2.05, 4.69) is 15.8 Å². The number of hydrogen-bond acceptors (Lipinski definition) is 3. The molecule has 3 rings (SSSR count). The zero-order valence-electron chi connectivity index (χ0n) is 12.4. The van der Waals surface area contributed by atoms with E-state index in [4.69, 9.17) is 11.6 Å². The van der Waals surface area contributed by atoms with Gasteiger partial charge in [-0.1, -0.05) is 17.7 Å². The van der Waals surface area contributed by atoms with Crippen molar-refractivity contribution in [3.63, 3.8) is 0 Å². The Hall–Kier alpha value is -3.12. The highest BCUT2D eigenvalue weighted by Crippen LogP contribution is 2.11. The third-order valence-corrected chi connectivity index (χ3v) is 3.54. The highest BCUT2D eigenvalue weighted by Gasteiger charge is 2.09. The molecule has 0 aliphatic rings. The lowest BCUT2D eigenvalue weighted by Crippen LogP contribution is -2.41. The second-order valence-corrected chi connectivity index (χ2v) is 5.37. The summed E-state index contributed by atoms with van der Waals surface area (Å²) in [6, 6.07) is 13.3. The number of hydrogen-bond donors (Lipinski definition) is 2. The number of aromatic nitrogens is 2. The molecule has 0 saturated heterocycles. The first-order valence-corrected chi connectivity index (χ1v) is 7.46. The Bertz CT molecular complexity index is 861. The summed E-state index contributed by atoms with van der Waals surface area (Å²) in [4.78, 5) is 28.0. The minimum atomic E-state index is -0.444. The van der Waals surface area contributed by atoms with Gasteiger partial charge in [-0.15, -0.1) is 0 Å². The molecule has 3 aromatic rings. The van der Waals surface area contributed by atoms with Crippen LogP contribution in [-0.4, -0.2) is 21.4 Å². The number of carbonyl (C=O) groups is 2. The van der Waals surface area contributed by atoms with E-state index in [1.807, 2.05) is 4.57 Å². The van der Waals surface area contributed by atoms with E-state index in [0.29, 0.717) is 16.1 Å². The van der Waals surface area contributed by atoms with Crippen LogP contribution in [0.1, 0.15) is 20.7 Å². The zero-order valence-corrected chi connectivity index (χ0v) is 13.2. The predicted molar refractivity (Wildman–Crippen MR) is 89.9 cm³/mol. The number of amides is 2. The Morgan fingerprint density at radius 1 is 0.958 bits per heavy atom. The highest BCUT2D eigenvalue weighted by atomic mass is 35.5. The standard InChI is InChI=1S/C17H13ClN4O2/c18-14-3-1-2-13(10-14)17(24)21-20-16(23)12-4-6-15(7-5-12)22-9-8-19-11-22/h1-11H,(H,20,23)(H,21,24). The molecule has 2 aromatic carbocycles. The van der Waals surface area contributed by atoms with Crippen molar-refractivity contribution < 1.29 is 9.59 Å². The molecule has 120 valence electrons. The van der Waals surface area contributed by atoms with Gasteiger partial charge in [-0.05, 0) is 42.5 Å². The van der Waals surface area contributed by atoms with E-state index < -0.39 is 11.8 Å². The van der Waals surface area contributed by atoms with E-state index in [9.17, 15) is 9.59 Å². The molecule has 0 saturated carbocycles. The summed E-state index contributed by atoms with van der Waals surface area (Å²) in [6.45, 7) is 0. The smallest absolute Gasteiger partial charge is 0.269 e. The van der Waals surface area contributed by atoms with Gasteiger partial charge in [0.05, 0.1) is 6.33 Å². The molecule has 2 N–H and O–H groups in total. The molecule has 1 heterocycles. The minimum absolute atomic E-state index is 0.359. The van der Waals surface area contributed by atoms with Crippen molar-refractivity contribution in [2.45, 2.75) is 0 Å². The molecule has 1 aromatic heterocycles. The van der Waals surface area contributed by atoms with Crippen LogP contribution in [0.4, 0.5) is 0 Å². The fourth-order valence-corrected chi connectivity index (χ4v) is 2.27. The van der Waals surface area contributed by atoms with Crippen LogP contribution in [0, 0.1) is 0 Å². The van der Waals surface area contributed by atoms with Gasteiger partial charge in [-0.2, -0.15) is 0 Å². The van der Waals surface area contributed by atoms with E-state index >= 15 is 0 Å². The van der Waals surface area contributed by atoms with Gasteiger partial charge in [0, 0.05) is 34.2 Å². The first-order valence-electron chi connectivity index (χ1n) is 7.08. The fourth-order valence-electron chi connectivity index (χ4n) is 2.08. The summed E-state index contributed by atoms with van der Waals surface area (Å²) in [7, 11) is 0. The lowest BCUT2D eigenvalue weighted by molar-refractivity contribution is 0.0846. The van der Waals surface area contributed by atoms with Crippen molar-refractivity contribution >= 4 is 23.4 Å². The maximum absolute atomic E-state index is 12.1. The van der Waals surface area contributed by atoms with E-state index in [-0.39, 0.29) is 0 Å². The Morgan fingerprint density at radius 2 is 1.67 bits per heavy atom. The van der Waals surface area contributed by atoms with Crippen molar-refractivity contribution in [1.82, 2.24) is 20.4 Å². The summed E-state index contributed by atoms with van der Waals surface area (Å²) in [5.41, 5.74) is 6.39. The largest absolute Gasteiger partial charge is 0.306 e. The second-order valence-electron chi connectivity index (χ2n) is 4.94. The maximum atomic E-state index is 12.1. The molecule has 0 spiro atoms. The van der Waals surface area contributed by atoms with Gasteiger partial charge in [0.15, 0.2) is 0 Å². The number of imidazole rings is 1. The monoisotopic (exact) mass is 340 g/mol. The Balaban J connectivity index is 1.62. The number of rotatable bonds is 3. The van der Waals surface area contributed by atoms with Gasteiger partial charge in [0.1, 0.15) is 0 Å². The van der Waals surface area contributed by atoms with Crippen LogP contribution in [0.15, 0.2) is 67.3 Å². The molecule has 2 amide bonds. The molecule has 0 unspecified atom stereocenters. The Morgan fingerprint density at radius 3 is 2.29 bits per heavy atom. The van der Waals surface area contributed by atoms with Crippen molar-refractivity contribution in [1.29, 1.82) is 0 Å². The van der Waals surface area contributed by atoms with Crippen LogP contribution in [0.2, 0.25) is 5.02 Å². The molecular weight excluding hydrogens is 328 g/mol. The SMILES string of the molecule is O=C(NNC(=O)c1cccc(Cl)c1)c1ccc(-n2ccnc2)cc1. The molecule has 6 nitrogen and oxygen atoms in total. The molecule has 0 fully saturated rings. The van der Waals surface area contributed by atoms with Crippen LogP contribution < -0.4 is 10.9 Å². The van der Waals surface area contributed by atoms with Gasteiger partial charge >= 0.3 is 0 Å². The second kappa shape index (κ2) is 6.97. The summed E-state index contributed by atoms with van der Waals surface area (Å²) >= 11 is 5.83. The van der Waals surface area contributed by atoms with Gasteiger partial charge in [0.25, 0.3) is 11.8 Å². The fraction of sp³-hybridized carbons (Fsp3) is 0. The maximum Gasteiger partial charge on any atom is 0.269 e. The number of nitrogens with zero attached hydrogens (tertiary/aromatic N) is 2. The predicted octanol–water partition coefficient (Wildman–Crippen LogP) is 2.60. The van der Waals surface area contributed by atoms with Crippen molar-refractivity contribution in [3.05, 3.63) is 83.4 Å². The summed E-state index contributed by atoms with van der Waals surface area (Å²) in [5.74, 6) is -0.858. The Labute approximate surface area is 143 Å². The lowest BCUT2D eigenvalue weighted by atomic mass is 10.2. The third kappa shape index (κ3) is 3.61. The molecule has 0 bridgehead atoms. The third-order valence-electron chi connectivity index (χ3n) is 3.31. The summed E-state index contributed by atoms with van der Waals surface area (Å²) in [6.07, 6.45) is 5.15. The van der Waals surface area contributed by atoms with E-state index in [1.165, 1.54) is 6.07 Å². The van der Waals surface area contributed by atoms with Gasteiger partial charge in [-0.3, -0.25) is 20.4 Å². The summed E-state index contributed by atoms with van der Waals surface area (Å²) in [5, 5.41) is 0.448. The molecule has 0 aliphatic heterocycles. The van der Waals surface area contributed by atoms with Gasteiger partial charge < -0.3 is 4.57 Å². The summed E-state index contributed by atoms with van der Waals surface area (Å²) < 4.78 is 1.82. The molecule has 7 heteroatoms. The normalized spacial score (nSPS) is 10.2.